The SMILES string of the molecule is CC(=O)O[C@H](C)[C@H](NC(=O)[C@H](CC(C)C)N(C)C(=O)[C@@H]1CCCN1C(=O)[C@H](C)O)C(=O)OCc1ccccc1. The molecule has 3 amide bonds. The number of ether oxygens (including phenoxy) is 2. The molecular formula is C28H41N3O8. The lowest BCUT2D eigenvalue weighted by Gasteiger charge is -2.34. The highest BCUT2D eigenvalue weighted by atomic mass is 16.6. The van der Waals surface area contributed by atoms with Gasteiger partial charge in [-0.05, 0) is 44.6 Å². The summed E-state index contributed by atoms with van der Waals surface area (Å²) in [7, 11) is 1.48. The molecule has 0 unspecified atom stereocenters. The van der Waals surface area contributed by atoms with Crippen LogP contribution in [-0.2, 0) is 40.1 Å². The van der Waals surface area contributed by atoms with E-state index in [9.17, 15) is 29.1 Å². The van der Waals surface area contributed by atoms with Crippen LogP contribution in [0, 0.1) is 5.92 Å². The van der Waals surface area contributed by atoms with Crippen molar-refractivity contribution in [3.63, 3.8) is 0 Å². The van der Waals surface area contributed by atoms with Gasteiger partial charge in [0.05, 0.1) is 0 Å². The van der Waals surface area contributed by atoms with Crippen molar-refractivity contribution in [2.45, 2.75) is 90.8 Å². The topological polar surface area (TPSA) is 143 Å². The molecule has 1 aliphatic rings. The number of nitrogens with one attached hydrogen (secondary N) is 1. The smallest absolute Gasteiger partial charge is 0.332 e. The van der Waals surface area contributed by atoms with Gasteiger partial charge >= 0.3 is 11.9 Å². The number of rotatable bonds is 12. The van der Waals surface area contributed by atoms with E-state index in [2.05, 4.69) is 5.32 Å². The first kappa shape index (κ1) is 31.7. The molecule has 0 radical (unpaired) electrons. The van der Waals surface area contributed by atoms with Crippen molar-refractivity contribution in [1.29, 1.82) is 0 Å². The Balaban J connectivity index is 2.24. The monoisotopic (exact) mass is 547 g/mol. The van der Waals surface area contributed by atoms with E-state index in [1.807, 2.05) is 19.9 Å². The number of carbonyl (C=O) groups excluding carboxylic acids is 5. The van der Waals surface area contributed by atoms with Crippen LogP contribution < -0.4 is 5.32 Å². The number of benzene rings is 1. The van der Waals surface area contributed by atoms with Crippen molar-refractivity contribution in [1.82, 2.24) is 15.1 Å². The van der Waals surface area contributed by atoms with Crippen LogP contribution in [-0.4, -0.2) is 88.5 Å². The molecule has 0 aromatic heterocycles. The fourth-order valence-electron chi connectivity index (χ4n) is 4.57. The highest BCUT2D eigenvalue weighted by molar-refractivity contribution is 5.94. The van der Waals surface area contributed by atoms with Crippen LogP contribution in [0.1, 0.15) is 59.4 Å². The molecule has 0 bridgehead atoms. The molecule has 1 heterocycles. The van der Waals surface area contributed by atoms with E-state index in [4.69, 9.17) is 9.47 Å². The zero-order chi connectivity index (χ0) is 29.3. The van der Waals surface area contributed by atoms with Crippen LogP contribution in [0.3, 0.4) is 0 Å². The molecule has 1 aromatic carbocycles. The van der Waals surface area contributed by atoms with Gasteiger partial charge in [-0.25, -0.2) is 4.79 Å². The number of likely N-dealkylation sites (tertiary alicyclic amines) is 1. The summed E-state index contributed by atoms with van der Waals surface area (Å²) in [4.78, 5) is 66.8. The van der Waals surface area contributed by atoms with E-state index >= 15 is 0 Å². The second-order valence-electron chi connectivity index (χ2n) is 10.4. The van der Waals surface area contributed by atoms with Gasteiger partial charge in [-0.2, -0.15) is 0 Å². The number of amides is 3. The number of nitrogens with zero attached hydrogens (tertiary/aromatic N) is 2. The van der Waals surface area contributed by atoms with E-state index in [-0.39, 0.29) is 18.9 Å². The summed E-state index contributed by atoms with van der Waals surface area (Å²) in [6.45, 7) is 8.10. The Morgan fingerprint density at radius 3 is 2.31 bits per heavy atom. The van der Waals surface area contributed by atoms with Crippen LogP contribution in [0.4, 0.5) is 0 Å². The molecule has 11 heteroatoms. The highest BCUT2D eigenvalue weighted by Crippen LogP contribution is 2.22. The minimum absolute atomic E-state index is 0.00384. The van der Waals surface area contributed by atoms with Gasteiger partial charge in [0.1, 0.15) is 30.9 Å². The van der Waals surface area contributed by atoms with E-state index < -0.39 is 60.0 Å². The van der Waals surface area contributed by atoms with Crippen molar-refractivity contribution in [3.8, 4) is 0 Å². The summed E-state index contributed by atoms with van der Waals surface area (Å²) in [5, 5.41) is 12.4. The van der Waals surface area contributed by atoms with Gasteiger partial charge in [0.15, 0.2) is 6.04 Å². The van der Waals surface area contributed by atoms with Gasteiger partial charge in [-0.3, -0.25) is 19.2 Å². The number of esters is 2. The lowest BCUT2D eigenvalue weighted by atomic mass is 10.00. The van der Waals surface area contributed by atoms with Crippen molar-refractivity contribution in [2.24, 2.45) is 5.92 Å². The number of hydrogen-bond acceptors (Lipinski definition) is 8. The predicted octanol–water partition coefficient (Wildman–Crippen LogP) is 1.41. The van der Waals surface area contributed by atoms with E-state index in [1.165, 1.54) is 37.6 Å². The zero-order valence-corrected chi connectivity index (χ0v) is 23.6. The lowest BCUT2D eigenvalue weighted by Crippen LogP contribution is -2.58. The number of aliphatic hydroxyl groups excluding tert-OH is 1. The molecule has 216 valence electrons. The molecular weight excluding hydrogens is 506 g/mol. The normalized spacial score (nSPS) is 18.1. The molecule has 2 rings (SSSR count). The van der Waals surface area contributed by atoms with Crippen molar-refractivity contribution >= 4 is 29.7 Å². The standard InChI is InChI=1S/C28H41N3O8/c1-17(2)15-23(30(6)27(36)22-13-10-14-31(22)26(35)18(3)32)25(34)29-24(19(4)39-20(5)33)28(37)38-16-21-11-8-7-9-12-21/h7-9,11-12,17-19,22-24,32H,10,13-16H2,1-6H3,(H,29,34)/t18-,19+,22-,23-,24-/m0/s1. The number of aliphatic hydroxyl groups is 1. The maximum atomic E-state index is 13.6. The van der Waals surface area contributed by atoms with Crippen LogP contribution in [0.25, 0.3) is 0 Å². The molecule has 11 nitrogen and oxygen atoms in total. The van der Waals surface area contributed by atoms with Crippen LogP contribution in [0.2, 0.25) is 0 Å². The molecule has 1 aromatic rings. The maximum absolute atomic E-state index is 13.6. The van der Waals surface area contributed by atoms with Crippen molar-refractivity contribution in [3.05, 3.63) is 35.9 Å². The Bertz CT molecular complexity index is 1010. The van der Waals surface area contributed by atoms with Crippen molar-refractivity contribution in [2.75, 3.05) is 13.6 Å². The van der Waals surface area contributed by atoms with Crippen LogP contribution in [0.5, 0.6) is 0 Å². The molecule has 5 atom stereocenters. The summed E-state index contributed by atoms with van der Waals surface area (Å²) in [6, 6.07) is 5.90. The average molecular weight is 548 g/mol. The summed E-state index contributed by atoms with van der Waals surface area (Å²) in [5.74, 6) is -3.01. The zero-order valence-electron chi connectivity index (χ0n) is 23.6. The number of likely N-dealkylation sites (N-methyl/N-ethyl adjacent to an activating group) is 1. The van der Waals surface area contributed by atoms with Gasteiger partial charge in [0.25, 0.3) is 5.91 Å². The second-order valence-corrected chi connectivity index (χ2v) is 10.4. The van der Waals surface area contributed by atoms with Gasteiger partial charge in [-0.15, -0.1) is 0 Å². The Hall–Kier alpha value is -3.47. The third kappa shape index (κ3) is 9.05. The van der Waals surface area contributed by atoms with Gasteiger partial charge < -0.3 is 29.7 Å². The summed E-state index contributed by atoms with van der Waals surface area (Å²) in [6.07, 6.45) is -0.999. The van der Waals surface area contributed by atoms with E-state index in [0.717, 1.165) is 5.56 Å². The first-order valence-electron chi connectivity index (χ1n) is 13.3. The van der Waals surface area contributed by atoms with Gasteiger partial charge in [0.2, 0.25) is 11.8 Å². The quantitative estimate of drug-likeness (QED) is 0.374. The van der Waals surface area contributed by atoms with Crippen LogP contribution >= 0.6 is 0 Å². The summed E-state index contributed by atoms with van der Waals surface area (Å²) < 4.78 is 10.6. The minimum atomic E-state index is -1.32. The largest absolute Gasteiger partial charge is 0.460 e. The maximum Gasteiger partial charge on any atom is 0.332 e. The Morgan fingerprint density at radius 2 is 1.74 bits per heavy atom. The highest BCUT2D eigenvalue weighted by Gasteiger charge is 2.41. The second kappa shape index (κ2) is 14.6. The number of carbonyl (C=O) groups is 5. The Labute approximate surface area is 229 Å². The summed E-state index contributed by atoms with van der Waals surface area (Å²) in [5.41, 5.74) is 0.743. The fraction of sp³-hybridized carbons (Fsp3) is 0.607. The molecule has 1 aliphatic heterocycles. The predicted molar refractivity (Wildman–Crippen MR) is 142 cm³/mol. The molecule has 2 N–H and O–H groups in total. The Kier molecular flexibility index (Phi) is 11.9. The molecule has 0 aliphatic carbocycles. The third-order valence-electron chi connectivity index (χ3n) is 6.59. The molecule has 39 heavy (non-hydrogen) atoms. The third-order valence-corrected chi connectivity index (χ3v) is 6.59. The van der Waals surface area contributed by atoms with Gasteiger partial charge in [-0.1, -0.05) is 44.2 Å². The number of hydrogen-bond donors (Lipinski definition) is 2. The van der Waals surface area contributed by atoms with E-state index in [0.29, 0.717) is 19.4 Å². The fourth-order valence-corrected chi connectivity index (χ4v) is 4.57. The minimum Gasteiger partial charge on any atom is -0.460 e. The van der Waals surface area contributed by atoms with Crippen LogP contribution in [0.15, 0.2) is 30.3 Å². The average Bonchev–Trinajstić information content (AvgIpc) is 3.37. The Morgan fingerprint density at radius 1 is 1.10 bits per heavy atom. The summed E-state index contributed by atoms with van der Waals surface area (Å²) >= 11 is 0. The van der Waals surface area contributed by atoms with E-state index in [1.54, 1.807) is 24.3 Å². The molecule has 1 saturated heterocycles. The molecule has 1 fully saturated rings. The van der Waals surface area contributed by atoms with Crippen molar-refractivity contribution < 1.29 is 38.6 Å². The van der Waals surface area contributed by atoms with Gasteiger partial charge in [0, 0.05) is 20.5 Å². The first-order chi connectivity index (χ1) is 18.3. The first-order valence-corrected chi connectivity index (χ1v) is 13.3. The lowest BCUT2D eigenvalue weighted by molar-refractivity contribution is -0.159. The molecule has 0 saturated carbocycles. The molecule has 0 spiro atoms.